The maximum atomic E-state index is 12.7. The first-order chi connectivity index (χ1) is 13.5. The van der Waals surface area contributed by atoms with Gasteiger partial charge in [0.25, 0.3) is 5.91 Å². The van der Waals surface area contributed by atoms with Gasteiger partial charge in [-0.25, -0.2) is 4.98 Å². The lowest BCUT2D eigenvalue weighted by molar-refractivity contribution is -0.121. The molecule has 4 rings (SSSR count). The molecule has 28 heavy (non-hydrogen) atoms. The van der Waals surface area contributed by atoms with Crippen LogP contribution in [0, 0.1) is 12.8 Å². The summed E-state index contributed by atoms with van der Waals surface area (Å²) in [5.41, 5.74) is 2.66. The Morgan fingerprint density at radius 3 is 2.54 bits per heavy atom. The number of carbonyl (C=O) groups is 2. The van der Waals surface area contributed by atoms with E-state index in [-0.39, 0.29) is 17.7 Å². The van der Waals surface area contributed by atoms with Gasteiger partial charge < -0.3 is 10.2 Å². The van der Waals surface area contributed by atoms with Crippen molar-refractivity contribution in [2.45, 2.75) is 19.8 Å². The summed E-state index contributed by atoms with van der Waals surface area (Å²) in [5.74, 6) is -0.144. The van der Waals surface area contributed by atoms with Crippen LogP contribution in [-0.2, 0) is 4.79 Å². The van der Waals surface area contributed by atoms with E-state index < -0.39 is 0 Å². The number of nitrogens with one attached hydrogen (secondary N) is 1. The number of anilines is 1. The van der Waals surface area contributed by atoms with E-state index in [4.69, 9.17) is 11.6 Å². The minimum absolute atomic E-state index is 0.0165. The molecule has 1 saturated heterocycles. The van der Waals surface area contributed by atoms with Crippen LogP contribution in [0.25, 0.3) is 10.2 Å². The molecule has 3 aromatic rings. The number of hydrogen-bond donors (Lipinski definition) is 1. The van der Waals surface area contributed by atoms with Gasteiger partial charge in [-0.3, -0.25) is 9.59 Å². The Labute approximate surface area is 172 Å². The molecule has 0 atom stereocenters. The molecule has 1 aliphatic heterocycles. The lowest BCUT2D eigenvalue weighted by Crippen LogP contribution is -2.41. The number of likely N-dealkylation sites (tertiary alicyclic amines) is 1. The molecule has 5 nitrogen and oxygen atoms in total. The highest BCUT2D eigenvalue weighted by Gasteiger charge is 2.28. The zero-order valence-corrected chi connectivity index (χ0v) is 17.0. The average Bonchev–Trinajstić information content (AvgIpc) is 3.12. The number of piperidine rings is 1. The molecule has 2 aromatic carbocycles. The molecular weight excluding hydrogens is 394 g/mol. The molecule has 1 N–H and O–H groups in total. The number of nitrogens with zero attached hydrogens (tertiary/aromatic N) is 2. The molecule has 0 aliphatic carbocycles. The third-order valence-corrected chi connectivity index (χ3v) is 6.28. The van der Waals surface area contributed by atoms with Gasteiger partial charge in [0.05, 0.1) is 10.2 Å². The van der Waals surface area contributed by atoms with E-state index in [0.717, 1.165) is 15.8 Å². The smallest absolute Gasteiger partial charge is 0.253 e. The average molecular weight is 414 g/mol. The number of hydrogen-bond acceptors (Lipinski definition) is 4. The molecule has 1 fully saturated rings. The highest BCUT2D eigenvalue weighted by Crippen LogP contribution is 2.29. The number of aromatic nitrogens is 1. The number of rotatable bonds is 3. The molecule has 144 valence electrons. The molecule has 0 bridgehead atoms. The van der Waals surface area contributed by atoms with E-state index >= 15 is 0 Å². The molecule has 2 heterocycles. The number of fused-ring (bicyclic) bond motifs is 1. The summed E-state index contributed by atoms with van der Waals surface area (Å²) in [6.45, 7) is 3.15. The summed E-state index contributed by atoms with van der Waals surface area (Å²) in [6, 6.07) is 12.9. The highest BCUT2D eigenvalue weighted by atomic mass is 35.5. The Bertz CT molecular complexity index is 1020. The summed E-state index contributed by atoms with van der Waals surface area (Å²) in [5, 5.41) is 4.20. The van der Waals surface area contributed by atoms with Gasteiger partial charge in [-0.2, -0.15) is 0 Å². The van der Waals surface area contributed by atoms with Crippen molar-refractivity contribution in [2.75, 3.05) is 18.4 Å². The van der Waals surface area contributed by atoms with Crippen molar-refractivity contribution in [1.82, 2.24) is 9.88 Å². The van der Waals surface area contributed by atoms with Gasteiger partial charge in [0, 0.05) is 29.6 Å². The molecule has 2 amide bonds. The van der Waals surface area contributed by atoms with Crippen molar-refractivity contribution in [2.24, 2.45) is 5.92 Å². The molecule has 0 spiro atoms. The standard InChI is InChI=1S/C21H20ClN3O2S/c1-13-3-2-4-17-18(13)23-21(28-17)24-19(26)14-9-11-25(12-10-14)20(27)15-5-7-16(22)8-6-15/h2-8,14H,9-12H2,1H3,(H,23,24,26). The predicted octanol–water partition coefficient (Wildman–Crippen LogP) is 4.75. The monoisotopic (exact) mass is 413 g/mol. The zero-order chi connectivity index (χ0) is 19.7. The second kappa shape index (κ2) is 7.89. The Balaban J connectivity index is 1.36. The second-order valence-corrected chi connectivity index (χ2v) is 8.47. The number of thiazole rings is 1. The first-order valence-electron chi connectivity index (χ1n) is 9.23. The first kappa shape index (κ1) is 18.9. The molecule has 0 radical (unpaired) electrons. The summed E-state index contributed by atoms with van der Waals surface area (Å²) in [6.07, 6.45) is 1.30. The fourth-order valence-electron chi connectivity index (χ4n) is 3.47. The molecule has 7 heteroatoms. The van der Waals surface area contributed by atoms with Crippen molar-refractivity contribution in [1.29, 1.82) is 0 Å². The Morgan fingerprint density at radius 1 is 1.14 bits per heavy atom. The van der Waals surface area contributed by atoms with E-state index in [1.165, 1.54) is 11.3 Å². The largest absolute Gasteiger partial charge is 0.339 e. The zero-order valence-electron chi connectivity index (χ0n) is 15.4. The van der Waals surface area contributed by atoms with Gasteiger partial charge in [-0.15, -0.1) is 0 Å². The summed E-state index contributed by atoms with van der Waals surface area (Å²) in [4.78, 5) is 31.6. The maximum absolute atomic E-state index is 12.7. The number of carbonyl (C=O) groups excluding carboxylic acids is 2. The minimum Gasteiger partial charge on any atom is -0.339 e. The number of benzene rings is 2. The second-order valence-electron chi connectivity index (χ2n) is 7.00. The lowest BCUT2D eigenvalue weighted by Gasteiger charge is -2.31. The Hall–Kier alpha value is -2.44. The SMILES string of the molecule is Cc1cccc2sc(NC(=O)C3CCN(C(=O)c4ccc(Cl)cc4)CC3)nc12. The molecule has 1 aliphatic rings. The van der Waals surface area contributed by atoms with Crippen LogP contribution in [0.2, 0.25) is 5.02 Å². The van der Waals surface area contributed by atoms with Crippen LogP contribution in [0.15, 0.2) is 42.5 Å². The van der Waals surface area contributed by atoms with Crippen molar-refractivity contribution in [3.63, 3.8) is 0 Å². The molecule has 1 aromatic heterocycles. The lowest BCUT2D eigenvalue weighted by atomic mass is 9.95. The van der Waals surface area contributed by atoms with Gasteiger partial charge in [0.15, 0.2) is 5.13 Å². The third kappa shape index (κ3) is 3.88. The Kier molecular flexibility index (Phi) is 5.33. The van der Waals surface area contributed by atoms with Gasteiger partial charge in [0.2, 0.25) is 5.91 Å². The maximum Gasteiger partial charge on any atom is 0.253 e. The predicted molar refractivity (Wildman–Crippen MR) is 113 cm³/mol. The number of halogens is 1. The van der Waals surface area contributed by atoms with Crippen molar-refractivity contribution in [3.8, 4) is 0 Å². The van der Waals surface area contributed by atoms with Gasteiger partial charge in [-0.1, -0.05) is 35.1 Å². The molecule has 0 unspecified atom stereocenters. The third-order valence-electron chi connectivity index (χ3n) is 5.09. The quantitative estimate of drug-likeness (QED) is 0.674. The topological polar surface area (TPSA) is 62.3 Å². The van der Waals surface area contributed by atoms with Gasteiger partial charge >= 0.3 is 0 Å². The molecule has 0 saturated carbocycles. The molecular formula is C21H20ClN3O2S. The summed E-state index contributed by atoms with van der Waals surface area (Å²) >= 11 is 7.37. The fourth-order valence-corrected chi connectivity index (χ4v) is 4.54. The number of aryl methyl sites for hydroxylation is 1. The van der Waals surface area contributed by atoms with Crippen molar-refractivity contribution in [3.05, 3.63) is 58.6 Å². The van der Waals surface area contributed by atoms with Gasteiger partial charge in [-0.05, 0) is 55.7 Å². The van der Waals surface area contributed by atoms with E-state index in [2.05, 4.69) is 10.3 Å². The number of amides is 2. The van der Waals surface area contributed by atoms with Crippen molar-refractivity contribution < 1.29 is 9.59 Å². The normalized spacial score (nSPS) is 15.0. The van der Waals surface area contributed by atoms with E-state index in [1.54, 1.807) is 29.2 Å². The van der Waals surface area contributed by atoms with Crippen LogP contribution < -0.4 is 5.32 Å². The minimum atomic E-state index is -0.109. The highest BCUT2D eigenvalue weighted by molar-refractivity contribution is 7.22. The first-order valence-corrected chi connectivity index (χ1v) is 10.4. The van der Waals surface area contributed by atoms with E-state index in [1.807, 2.05) is 25.1 Å². The van der Waals surface area contributed by atoms with E-state index in [9.17, 15) is 9.59 Å². The van der Waals surface area contributed by atoms with Crippen molar-refractivity contribution >= 4 is 50.1 Å². The van der Waals surface area contributed by atoms with Crippen LogP contribution in [-0.4, -0.2) is 34.8 Å². The van der Waals surface area contributed by atoms with Crippen LogP contribution in [0.3, 0.4) is 0 Å². The number of para-hydroxylation sites is 1. The van der Waals surface area contributed by atoms with E-state index in [0.29, 0.717) is 41.6 Å². The Morgan fingerprint density at radius 2 is 1.86 bits per heavy atom. The van der Waals surface area contributed by atoms with Crippen LogP contribution in [0.5, 0.6) is 0 Å². The summed E-state index contributed by atoms with van der Waals surface area (Å²) in [7, 11) is 0. The summed E-state index contributed by atoms with van der Waals surface area (Å²) < 4.78 is 1.07. The fraction of sp³-hybridized carbons (Fsp3) is 0.286. The van der Waals surface area contributed by atoms with Crippen LogP contribution in [0.4, 0.5) is 5.13 Å². The van der Waals surface area contributed by atoms with Gasteiger partial charge in [0.1, 0.15) is 0 Å². The van der Waals surface area contributed by atoms with Crippen LogP contribution >= 0.6 is 22.9 Å². The van der Waals surface area contributed by atoms with Crippen LogP contribution in [0.1, 0.15) is 28.8 Å².